The van der Waals surface area contributed by atoms with Crippen LogP contribution >= 0.6 is 11.8 Å². The highest BCUT2D eigenvalue weighted by Gasteiger charge is 2.08. The number of carbonyl (C=O) groups excluding carboxylic acids is 1. The van der Waals surface area contributed by atoms with Crippen LogP contribution < -0.4 is 11.5 Å². The van der Waals surface area contributed by atoms with Crippen molar-refractivity contribution in [1.29, 1.82) is 0 Å². The van der Waals surface area contributed by atoms with Crippen molar-refractivity contribution < 1.29 is 9.18 Å². The highest BCUT2D eigenvalue weighted by Crippen LogP contribution is 2.13. The second kappa shape index (κ2) is 5.72. The average molecular weight is 228 g/mol. The fraction of sp³-hybridized carbons (Fsp3) is 0.300. The average Bonchev–Trinajstić information content (AvgIpc) is 2.20. The molecular weight excluding hydrogens is 215 g/mol. The SMILES string of the molecule is NC(=O)C(N)CSCc1ccc(F)cc1. The van der Waals surface area contributed by atoms with Crippen molar-refractivity contribution in [2.24, 2.45) is 11.5 Å². The molecular formula is C10H13FN2OS. The van der Waals surface area contributed by atoms with Crippen LogP contribution in [0.5, 0.6) is 0 Å². The summed E-state index contributed by atoms with van der Waals surface area (Å²) >= 11 is 1.50. The zero-order valence-corrected chi connectivity index (χ0v) is 8.97. The van der Waals surface area contributed by atoms with E-state index in [2.05, 4.69) is 0 Å². The molecule has 15 heavy (non-hydrogen) atoms. The first-order chi connectivity index (χ1) is 7.09. The van der Waals surface area contributed by atoms with Crippen molar-refractivity contribution in [2.45, 2.75) is 11.8 Å². The van der Waals surface area contributed by atoms with Crippen molar-refractivity contribution >= 4 is 17.7 Å². The lowest BCUT2D eigenvalue weighted by Crippen LogP contribution is -2.38. The van der Waals surface area contributed by atoms with Crippen LogP contribution in [0.2, 0.25) is 0 Å². The Balaban J connectivity index is 2.32. The number of hydrogen-bond donors (Lipinski definition) is 2. The molecule has 0 aliphatic carbocycles. The van der Waals surface area contributed by atoms with Crippen LogP contribution in [0.4, 0.5) is 4.39 Å². The first kappa shape index (κ1) is 12.0. The summed E-state index contributed by atoms with van der Waals surface area (Å²) in [5, 5.41) is 0. The molecule has 0 saturated carbocycles. The van der Waals surface area contributed by atoms with Gasteiger partial charge in [-0.25, -0.2) is 4.39 Å². The molecule has 1 aromatic rings. The zero-order chi connectivity index (χ0) is 11.3. The molecule has 0 fully saturated rings. The van der Waals surface area contributed by atoms with E-state index in [1.807, 2.05) is 0 Å². The standard InChI is InChI=1S/C10H13FN2OS/c11-8-3-1-7(2-4-8)5-15-6-9(12)10(13)14/h1-4,9H,5-6,12H2,(H2,13,14). The highest BCUT2D eigenvalue weighted by atomic mass is 32.2. The molecule has 4 N–H and O–H groups in total. The number of amides is 1. The topological polar surface area (TPSA) is 69.1 Å². The first-order valence-electron chi connectivity index (χ1n) is 4.46. The highest BCUT2D eigenvalue weighted by molar-refractivity contribution is 7.98. The van der Waals surface area contributed by atoms with Crippen LogP contribution in [0.1, 0.15) is 5.56 Å². The molecule has 5 heteroatoms. The number of halogens is 1. The minimum atomic E-state index is -0.615. The normalized spacial score (nSPS) is 12.4. The molecule has 82 valence electrons. The Hall–Kier alpha value is -1.07. The lowest BCUT2D eigenvalue weighted by Gasteiger charge is -2.06. The van der Waals surface area contributed by atoms with E-state index in [1.165, 1.54) is 23.9 Å². The van der Waals surface area contributed by atoms with Gasteiger partial charge in [0.1, 0.15) is 5.82 Å². The minimum absolute atomic E-state index is 0.252. The molecule has 0 aliphatic heterocycles. The molecule has 1 aromatic carbocycles. The van der Waals surface area contributed by atoms with Crippen LogP contribution in [0.15, 0.2) is 24.3 Å². The molecule has 0 spiro atoms. The molecule has 1 atom stereocenters. The Morgan fingerprint density at radius 1 is 1.40 bits per heavy atom. The van der Waals surface area contributed by atoms with Gasteiger partial charge >= 0.3 is 0 Å². The van der Waals surface area contributed by atoms with Gasteiger partial charge in [0.05, 0.1) is 6.04 Å². The van der Waals surface area contributed by atoms with Gasteiger partial charge in [0.25, 0.3) is 0 Å². The summed E-state index contributed by atoms with van der Waals surface area (Å²) in [6.07, 6.45) is 0. The second-order valence-electron chi connectivity index (χ2n) is 3.15. The van der Waals surface area contributed by atoms with Crippen LogP contribution in [-0.2, 0) is 10.5 Å². The van der Waals surface area contributed by atoms with Gasteiger partial charge in [-0.05, 0) is 17.7 Å². The van der Waals surface area contributed by atoms with Crippen molar-refractivity contribution in [2.75, 3.05) is 5.75 Å². The maximum atomic E-state index is 12.6. The van der Waals surface area contributed by atoms with Gasteiger partial charge in [0, 0.05) is 11.5 Å². The maximum Gasteiger partial charge on any atom is 0.235 e. The summed E-state index contributed by atoms with van der Waals surface area (Å²) in [6, 6.07) is 5.61. The molecule has 0 saturated heterocycles. The number of hydrogen-bond acceptors (Lipinski definition) is 3. The fourth-order valence-corrected chi connectivity index (χ4v) is 1.93. The summed E-state index contributed by atoms with van der Waals surface area (Å²) in [6.45, 7) is 0. The summed E-state index contributed by atoms with van der Waals surface area (Å²) in [5.74, 6) is 0.424. The van der Waals surface area contributed by atoms with Gasteiger partial charge in [-0.2, -0.15) is 11.8 Å². The lowest BCUT2D eigenvalue weighted by atomic mass is 10.2. The largest absolute Gasteiger partial charge is 0.368 e. The van der Waals surface area contributed by atoms with Gasteiger partial charge in [0.15, 0.2) is 0 Å². The molecule has 0 heterocycles. The number of thioether (sulfide) groups is 1. The Labute approximate surface area is 92.0 Å². The Kier molecular flexibility index (Phi) is 4.58. The van der Waals surface area contributed by atoms with Crippen molar-refractivity contribution in [3.63, 3.8) is 0 Å². The van der Waals surface area contributed by atoms with Gasteiger partial charge in [0.2, 0.25) is 5.91 Å². The summed E-state index contributed by atoms with van der Waals surface area (Å²) in [7, 11) is 0. The minimum Gasteiger partial charge on any atom is -0.368 e. The predicted octanol–water partition coefficient (Wildman–Crippen LogP) is 0.871. The van der Waals surface area contributed by atoms with Crippen LogP contribution in [0, 0.1) is 5.82 Å². The molecule has 0 bridgehead atoms. The number of benzene rings is 1. The summed E-state index contributed by atoms with van der Waals surface area (Å²) in [5.41, 5.74) is 11.5. The fourth-order valence-electron chi connectivity index (χ4n) is 0.967. The third kappa shape index (κ3) is 4.31. The molecule has 3 nitrogen and oxygen atoms in total. The van der Waals surface area contributed by atoms with Crippen molar-refractivity contribution in [3.8, 4) is 0 Å². The third-order valence-corrected chi connectivity index (χ3v) is 2.98. The first-order valence-corrected chi connectivity index (χ1v) is 5.62. The number of primary amides is 1. The Morgan fingerprint density at radius 2 is 2.00 bits per heavy atom. The molecule has 1 amide bonds. The monoisotopic (exact) mass is 228 g/mol. The molecule has 0 aliphatic rings. The van der Waals surface area contributed by atoms with Gasteiger partial charge in [-0.15, -0.1) is 0 Å². The zero-order valence-electron chi connectivity index (χ0n) is 8.15. The van der Waals surface area contributed by atoms with E-state index < -0.39 is 11.9 Å². The van der Waals surface area contributed by atoms with E-state index in [0.717, 1.165) is 5.56 Å². The molecule has 1 rings (SSSR count). The predicted molar refractivity (Wildman–Crippen MR) is 59.7 cm³/mol. The number of nitrogens with two attached hydrogens (primary N) is 2. The second-order valence-corrected chi connectivity index (χ2v) is 4.18. The number of rotatable bonds is 5. The van der Waals surface area contributed by atoms with Crippen LogP contribution in [0.3, 0.4) is 0 Å². The van der Waals surface area contributed by atoms with E-state index in [4.69, 9.17) is 11.5 Å². The molecule has 1 unspecified atom stereocenters. The van der Waals surface area contributed by atoms with E-state index in [-0.39, 0.29) is 5.82 Å². The van der Waals surface area contributed by atoms with Crippen LogP contribution in [0.25, 0.3) is 0 Å². The van der Waals surface area contributed by atoms with Crippen molar-refractivity contribution in [3.05, 3.63) is 35.6 Å². The molecule has 0 radical (unpaired) electrons. The Bertz CT molecular complexity index is 329. The summed E-state index contributed by atoms with van der Waals surface area (Å²) < 4.78 is 12.6. The van der Waals surface area contributed by atoms with Gasteiger partial charge in [-0.3, -0.25) is 4.79 Å². The Morgan fingerprint density at radius 3 is 2.53 bits per heavy atom. The third-order valence-electron chi connectivity index (χ3n) is 1.84. The lowest BCUT2D eigenvalue weighted by molar-refractivity contribution is -0.118. The van der Waals surface area contributed by atoms with Gasteiger partial charge < -0.3 is 11.5 Å². The van der Waals surface area contributed by atoms with E-state index in [0.29, 0.717) is 11.5 Å². The summed E-state index contributed by atoms with van der Waals surface area (Å²) in [4.78, 5) is 10.6. The van der Waals surface area contributed by atoms with E-state index in [9.17, 15) is 9.18 Å². The quantitative estimate of drug-likeness (QED) is 0.785. The number of carbonyl (C=O) groups is 1. The smallest absolute Gasteiger partial charge is 0.235 e. The van der Waals surface area contributed by atoms with Crippen LogP contribution in [-0.4, -0.2) is 17.7 Å². The van der Waals surface area contributed by atoms with Crippen molar-refractivity contribution in [1.82, 2.24) is 0 Å². The van der Waals surface area contributed by atoms with E-state index in [1.54, 1.807) is 12.1 Å². The van der Waals surface area contributed by atoms with E-state index >= 15 is 0 Å². The maximum absolute atomic E-state index is 12.6. The van der Waals surface area contributed by atoms with Gasteiger partial charge in [-0.1, -0.05) is 12.1 Å². The molecule has 0 aromatic heterocycles.